The second kappa shape index (κ2) is 7.61. The summed E-state index contributed by atoms with van der Waals surface area (Å²) < 4.78 is 2.03. The Morgan fingerprint density at radius 1 is 1.15 bits per heavy atom. The maximum Gasteiger partial charge on any atom is 0.227 e. The number of carbonyl (C=O) groups is 1. The Morgan fingerprint density at radius 2 is 2.00 bits per heavy atom. The highest BCUT2D eigenvalue weighted by Gasteiger charge is 2.12. The zero-order chi connectivity index (χ0) is 18.8. The number of para-hydroxylation sites is 1. The van der Waals surface area contributed by atoms with Crippen molar-refractivity contribution in [1.29, 1.82) is 0 Å². The number of amides is 1. The predicted molar refractivity (Wildman–Crippen MR) is 108 cm³/mol. The molecule has 0 fully saturated rings. The highest BCUT2D eigenvalue weighted by molar-refractivity contribution is 7.99. The first-order chi connectivity index (χ1) is 13.1. The van der Waals surface area contributed by atoms with Gasteiger partial charge in [0.2, 0.25) is 11.0 Å². The topological polar surface area (TPSA) is 85.1 Å². The van der Waals surface area contributed by atoms with E-state index in [9.17, 15) is 4.79 Å². The smallest absolute Gasteiger partial charge is 0.227 e. The van der Waals surface area contributed by atoms with Crippen LogP contribution in [-0.2, 0) is 4.79 Å². The monoisotopic (exact) mass is 398 g/mol. The minimum atomic E-state index is -0.0763. The van der Waals surface area contributed by atoms with Gasteiger partial charge in [-0.1, -0.05) is 55.1 Å². The van der Waals surface area contributed by atoms with Gasteiger partial charge in [0, 0.05) is 18.1 Å². The van der Waals surface area contributed by atoms with E-state index in [0.29, 0.717) is 23.2 Å². The van der Waals surface area contributed by atoms with Crippen molar-refractivity contribution in [2.24, 2.45) is 0 Å². The molecule has 0 spiro atoms. The lowest BCUT2D eigenvalue weighted by Gasteiger charge is -2.04. The van der Waals surface area contributed by atoms with Crippen LogP contribution in [-0.4, -0.2) is 36.5 Å². The Labute approximate surface area is 164 Å². The number of anilines is 1. The fourth-order valence-electron chi connectivity index (χ4n) is 2.64. The molecule has 0 radical (unpaired) electrons. The van der Waals surface area contributed by atoms with Crippen molar-refractivity contribution in [3.8, 4) is 0 Å². The fraction of sp³-hybridized carbons (Fsp3) is 0.278. The first kappa shape index (κ1) is 17.9. The summed E-state index contributed by atoms with van der Waals surface area (Å²) in [5.74, 6) is 0.832. The molecule has 27 heavy (non-hydrogen) atoms. The quantitative estimate of drug-likeness (QED) is 0.495. The van der Waals surface area contributed by atoms with Crippen LogP contribution in [0.25, 0.3) is 16.6 Å². The number of aromatic nitrogens is 5. The second-order valence-electron chi connectivity index (χ2n) is 6.32. The third-order valence-electron chi connectivity index (χ3n) is 3.99. The maximum absolute atomic E-state index is 12.2. The lowest BCUT2D eigenvalue weighted by molar-refractivity contribution is -0.115. The van der Waals surface area contributed by atoms with Crippen LogP contribution >= 0.6 is 23.1 Å². The molecule has 0 saturated heterocycles. The molecule has 3 heterocycles. The standard InChI is InChI=1S/C18H18N6OS2/c1-11(2)16-21-22-17(27-16)19-15(25)9-10-26-18-23-20-14-8-7-12-5-3-4-6-13(12)24(14)18/h3-8,11H,9-10H2,1-2H3,(H,19,22,25). The third-order valence-corrected chi connectivity index (χ3v) is 6.06. The number of hydrogen-bond donors (Lipinski definition) is 1. The number of fused-ring (bicyclic) bond motifs is 3. The summed E-state index contributed by atoms with van der Waals surface area (Å²) in [6, 6.07) is 12.1. The summed E-state index contributed by atoms with van der Waals surface area (Å²) in [6.45, 7) is 4.10. The van der Waals surface area contributed by atoms with Gasteiger partial charge < -0.3 is 5.32 Å². The highest BCUT2D eigenvalue weighted by Crippen LogP contribution is 2.25. The molecule has 0 aliphatic heterocycles. The molecule has 0 aliphatic carbocycles. The van der Waals surface area contributed by atoms with Crippen LogP contribution in [0.15, 0.2) is 41.6 Å². The molecule has 0 atom stereocenters. The van der Waals surface area contributed by atoms with Crippen LogP contribution in [0.5, 0.6) is 0 Å². The highest BCUT2D eigenvalue weighted by atomic mass is 32.2. The van der Waals surface area contributed by atoms with Gasteiger partial charge in [-0.2, -0.15) is 0 Å². The number of thioether (sulfide) groups is 1. The van der Waals surface area contributed by atoms with Crippen molar-refractivity contribution in [3.05, 3.63) is 41.4 Å². The van der Waals surface area contributed by atoms with Crippen LogP contribution < -0.4 is 5.32 Å². The van der Waals surface area contributed by atoms with Gasteiger partial charge in [-0.3, -0.25) is 9.20 Å². The molecular formula is C18H18N6OS2. The molecule has 1 aromatic carbocycles. The SMILES string of the molecule is CC(C)c1nnc(NC(=O)CCSc2nnc3ccc4ccccc4n23)s1. The lowest BCUT2D eigenvalue weighted by atomic mass is 10.2. The van der Waals surface area contributed by atoms with Gasteiger partial charge in [-0.25, -0.2) is 0 Å². The van der Waals surface area contributed by atoms with Crippen molar-refractivity contribution in [2.75, 3.05) is 11.1 Å². The van der Waals surface area contributed by atoms with E-state index in [1.807, 2.05) is 34.7 Å². The van der Waals surface area contributed by atoms with Crippen LogP contribution in [0.4, 0.5) is 5.13 Å². The summed E-state index contributed by atoms with van der Waals surface area (Å²) >= 11 is 2.93. The minimum Gasteiger partial charge on any atom is -0.301 e. The van der Waals surface area contributed by atoms with E-state index in [1.165, 1.54) is 23.1 Å². The molecule has 1 N–H and O–H groups in total. The molecule has 1 amide bonds. The van der Waals surface area contributed by atoms with Crippen molar-refractivity contribution in [2.45, 2.75) is 31.3 Å². The maximum atomic E-state index is 12.2. The average molecular weight is 399 g/mol. The number of hydrogen-bond acceptors (Lipinski definition) is 7. The molecule has 3 aromatic heterocycles. The molecule has 0 bridgehead atoms. The number of rotatable bonds is 6. The van der Waals surface area contributed by atoms with Crippen LogP contribution in [0.3, 0.4) is 0 Å². The van der Waals surface area contributed by atoms with E-state index in [4.69, 9.17) is 0 Å². The zero-order valence-corrected chi connectivity index (χ0v) is 16.5. The molecular weight excluding hydrogens is 380 g/mol. The Hall–Kier alpha value is -2.52. The lowest BCUT2D eigenvalue weighted by Crippen LogP contribution is -2.12. The van der Waals surface area contributed by atoms with E-state index in [-0.39, 0.29) is 5.91 Å². The van der Waals surface area contributed by atoms with Crippen molar-refractivity contribution in [1.82, 2.24) is 24.8 Å². The normalized spacial score (nSPS) is 11.5. The van der Waals surface area contributed by atoms with Gasteiger partial charge in [-0.15, -0.1) is 20.4 Å². The first-order valence-electron chi connectivity index (χ1n) is 8.61. The van der Waals surface area contributed by atoms with Gasteiger partial charge in [0.25, 0.3) is 0 Å². The predicted octanol–water partition coefficient (Wildman–Crippen LogP) is 3.98. The van der Waals surface area contributed by atoms with Crippen LogP contribution in [0, 0.1) is 0 Å². The van der Waals surface area contributed by atoms with E-state index < -0.39 is 0 Å². The number of nitrogens with one attached hydrogen (secondary N) is 1. The molecule has 9 heteroatoms. The van der Waals surface area contributed by atoms with E-state index >= 15 is 0 Å². The van der Waals surface area contributed by atoms with Crippen LogP contribution in [0.2, 0.25) is 0 Å². The van der Waals surface area contributed by atoms with E-state index in [2.05, 4.69) is 45.6 Å². The Bertz CT molecular complexity index is 1100. The van der Waals surface area contributed by atoms with Crippen molar-refractivity contribution in [3.63, 3.8) is 0 Å². The van der Waals surface area contributed by atoms with Gasteiger partial charge in [-0.05, 0) is 23.6 Å². The summed E-state index contributed by atoms with van der Waals surface area (Å²) in [6.07, 6.45) is 0.362. The third kappa shape index (κ3) is 3.79. The summed E-state index contributed by atoms with van der Waals surface area (Å²) in [5, 5.41) is 22.8. The Kier molecular flexibility index (Phi) is 5.04. The molecule has 4 aromatic rings. The number of nitrogens with zero attached hydrogens (tertiary/aromatic N) is 5. The average Bonchev–Trinajstić information content (AvgIpc) is 3.29. The van der Waals surface area contributed by atoms with Crippen molar-refractivity contribution < 1.29 is 4.79 Å². The minimum absolute atomic E-state index is 0.0763. The van der Waals surface area contributed by atoms with Gasteiger partial charge in [0.05, 0.1) is 5.52 Å². The van der Waals surface area contributed by atoms with Crippen LogP contribution in [0.1, 0.15) is 31.2 Å². The van der Waals surface area contributed by atoms with Gasteiger partial charge in [0.1, 0.15) is 5.01 Å². The number of pyridine rings is 1. The summed E-state index contributed by atoms with van der Waals surface area (Å²) in [5.41, 5.74) is 1.86. The fourth-order valence-corrected chi connectivity index (χ4v) is 4.29. The molecule has 0 unspecified atom stereocenters. The molecule has 0 saturated carbocycles. The number of benzene rings is 1. The molecule has 0 aliphatic rings. The molecule has 4 rings (SSSR count). The second-order valence-corrected chi connectivity index (χ2v) is 8.39. The van der Waals surface area contributed by atoms with Crippen molar-refractivity contribution >= 4 is 50.7 Å². The first-order valence-corrected chi connectivity index (χ1v) is 10.4. The Balaban J connectivity index is 1.41. The summed E-state index contributed by atoms with van der Waals surface area (Å²) in [4.78, 5) is 12.2. The van der Waals surface area contributed by atoms with E-state index in [0.717, 1.165) is 26.7 Å². The van der Waals surface area contributed by atoms with Gasteiger partial charge in [0.15, 0.2) is 10.8 Å². The largest absolute Gasteiger partial charge is 0.301 e. The van der Waals surface area contributed by atoms with Gasteiger partial charge >= 0.3 is 0 Å². The number of carbonyl (C=O) groups excluding carboxylic acids is 1. The van der Waals surface area contributed by atoms with E-state index in [1.54, 1.807) is 0 Å². The molecule has 138 valence electrons. The molecule has 7 nitrogen and oxygen atoms in total. The zero-order valence-electron chi connectivity index (χ0n) is 14.9. The summed E-state index contributed by atoms with van der Waals surface area (Å²) in [7, 11) is 0. The Morgan fingerprint density at radius 3 is 2.81 bits per heavy atom.